The molecule has 0 aliphatic rings. The van der Waals surface area contributed by atoms with Crippen molar-refractivity contribution >= 4 is 14.4 Å². The van der Waals surface area contributed by atoms with Crippen LogP contribution in [0.5, 0.6) is 0 Å². The Labute approximate surface area is 179 Å². The van der Waals surface area contributed by atoms with Crippen LogP contribution in [-0.2, 0) is 9.16 Å². The quantitative estimate of drug-likeness (QED) is 0.304. The van der Waals surface area contributed by atoms with Crippen molar-refractivity contribution in [2.45, 2.75) is 84.7 Å². The van der Waals surface area contributed by atoms with Crippen molar-refractivity contribution in [1.82, 2.24) is 4.90 Å². The highest BCUT2D eigenvalue weighted by Gasteiger charge is 2.42. The van der Waals surface area contributed by atoms with E-state index in [-0.39, 0.29) is 23.3 Å². The van der Waals surface area contributed by atoms with Crippen molar-refractivity contribution in [3.05, 3.63) is 48.0 Å². The summed E-state index contributed by atoms with van der Waals surface area (Å²) in [4.78, 5) is 14.8. The maximum absolute atomic E-state index is 13.0. The third kappa shape index (κ3) is 7.30. The number of carbonyl (C=O) groups excluding carboxylic acids is 1. The van der Waals surface area contributed by atoms with E-state index in [4.69, 9.17) is 9.16 Å². The summed E-state index contributed by atoms with van der Waals surface area (Å²) >= 11 is 0. The first-order valence-corrected chi connectivity index (χ1v) is 13.8. The molecule has 4 nitrogen and oxygen atoms in total. The number of hydrogen-bond donors (Lipinski definition) is 0. The molecule has 2 atom stereocenters. The number of nitrogens with zero attached hydrogens (tertiary/aromatic N) is 1. The smallest absolute Gasteiger partial charge is 0.410 e. The SMILES string of the molecule is C/C=C/[C@@H](O[Si](C)(C)C(C)(C)C)C(c1ccccc1)N(CCCC)C(=O)OCC. The Morgan fingerprint density at radius 3 is 2.28 bits per heavy atom. The van der Waals surface area contributed by atoms with Gasteiger partial charge in [-0.3, -0.25) is 4.90 Å². The van der Waals surface area contributed by atoms with Gasteiger partial charge in [0.05, 0.1) is 18.8 Å². The van der Waals surface area contributed by atoms with Gasteiger partial charge in [-0.2, -0.15) is 0 Å². The first-order valence-electron chi connectivity index (χ1n) is 10.9. The highest BCUT2D eigenvalue weighted by atomic mass is 28.4. The van der Waals surface area contributed by atoms with E-state index >= 15 is 0 Å². The van der Waals surface area contributed by atoms with Gasteiger partial charge in [0.25, 0.3) is 0 Å². The van der Waals surface area contributed by atoms with E-state index < -0.39 is 8.32 Å². The van der Waals surface area contributed by atoms with Crippen LogP contribution in [0.25, 0.3) is 0 Å². The van der Waals surface area contributed by atoms with E-state index in [1.165, 1.54) is 0 Å². The number of ether oxygens (including phenoxy) is 1. The van der Waals surface area contributed by atoms with Crippen LogP contribution in [0.1, 0.15) is 66.0 Å². The second-order valence-electron chi connectivity index (χ2n) is 8.97. The fraction of sp³-hybridized carbons (Fsp3) is 0.625. The molecule has 29 heavy (non-hydrogen) atoms. The van der Waals surface area contributed by atoms with E-state index in [2.05, 4.69) is 59.0 Å². The zero-order chi connectivity index (χ0) is 22.1. The summed E-state index contributed by atoms with van der Waals surface area (Å²) in [6, 6.07) is 9.96. The Bertz CT molecular complexity index is 637. The van der Waals surface area contributed by atoms with Crippen LogP contribution in [0.4, 0.5) is 4.79 Å². The first kappa shape index (κ1) is 25.4. The summed E-state index contributed by atoms with van der Waals surface area (Å²) < 4.78 is 12.3. The summed E-state index contributed by atoms with van der Waals surface area (Å²) in [5.74, 6) is 0. The van der Waals surface area contributed by atoms with Crippen LogP contribution in [0.2, 0.25) is 18.1 Å². The first-order chi connectivity index (χ1) is 13.6. The van der Waals surface area contributed by atoms with Crippen molar-refractivity contribution in [2.75, 3.05) is 13.2 Å². The predicted molar refractivity (Wildman–Crippen MR) is 125 cm³/mol. The molecule has 1 aromatic rings. The lowest BCUT2D eigenvalue weighted by Crippen LogP contribution is -2.49. The molecule has 1 unspecified atom stereocenters. The second kappa shape index (κ2) is 11.6. The van der Waals surface area contributed by atoms with Crippen molar-refractivity contribution in [2.24, 2.45) is 0 Å². The lowest BCUT2D eigenvalue weighted by atomic mass is 9.99. The molecule has 0 saturated carbocycles. The highest BCUT2D eigenvalue weighted by molar-refractivity contribution is 6.74. The third-order valence-corrected chi connectivity index (χ3v) is 10.1. The van der Waals surface area contributed by atoms with Crippen molar-refractivity contribution in [3.63, 3.8) is 0 Å². The minimum Gasteiger partial charge on any atom is -0.450 e. The molecule has 164 valence electrons. The number of benzene rings is 1. The van der Waals surface area contributed by atoms with Gasteiger partial charge in [-0.15, -0.1) is 0 Å². The van der Waals surface area contributed by atoms with Gasteiger partial charge in [-0.05, 0) is 44.0 Å². The summed E-state index contributed by atoms with van der Waals surface area (Å²) in [6.07, 6.45) is 5.54. The minimum atomic E-state index is -2.06. The lowest BCUT2D eigenvalue weighted by Gasteiger charge is -2.43. The van der Waals surface area contributed by atoms with Gasteiger partial charge >= 0.3 is 6.09 Å². The molecule has 0 spiro atoms. The fourth-order valence-corrected chi connectivity index (χ4v) is 4.23. The van der Waals surface area contributed by atoms with Gasteiger partial charge in [-0.1, -0.05) is 76.6 Å². The number of unbranched alkanes of at least 4 members (excludes halogenated alkanes) is 1. The van der Waals surface area contributed by atoms with Gasteiger partial charge in [0.15, 0.2) is 8.32 Å². The van der Waals surface area contributed by atoms with Crippen LogP contribution < -0.4 is 0 Å². The summed E-state index contributed by atoms with van der Waals surface area (Å²) in [6.45, 7) is 18.2. The van der Waals surface area contributed by atoms with Crippen LogP contribution >= 0.6 is 0 Å². The molecule has 1 amide bonds. The summed E-state index contributed by atoms with van der Waals surface area (Å²) in [5.41, 5.74) is 1.07. The Kier molecular flexibility index (Phi) is 10.1. The Hall–Kier alpha value is -1.59. The van der Waals surface area contributed by atoms with Crippen LogP contribution in [0.15, 0.2) is 42.5 Å². The predicted octanol–water partition coefficient (Wildman–Crippen LogP) is 6.95. The fourth-order valence-electron chi connectivity index (χ4n) is 2.99. The largest absolute Gasteiger partial charge is 0.450 e. The molecule has 0 heterocycles. The van der Waals surface area contributed by atoms with Gasteiger partial charge in [0.1, 0.15) is 0 Å². The van der Waals surface area contributed by atoms with Gasteiger partial charge in [0.2, 0.25) is 0 Å². The molecule has 5 heteroatoms. The second-order valence-corrected chi connectivity index (χ2v) is 13.7. The molecular formula is C24H41NO3Si. The molecule has 0 aromatic heterocycles. The molecule has 1 rings (SSSR count). The molecule has 0 fully saturated rings. The number of allylic oxidation sites excluding steroid dienone is 1. The topological polar surface area (TPSA) is 38.8 Å². The maximum Gasteiger partial charge on any atom is 0.410 e. The van der Waals surface area contributed by atoms with Crippen molar-refractivity contribution < 1.29 is 14.0 Å². The normalized spacial score (nSPS) is 14.6. The summed E-state index contributed by atoms with van der Waals surface area (Å²) in [5, 5.41) is 0.0756. The Balaban J connectivity index is 3.47. The molecule has 0 aliphatic carbocycles. The van der Waals surface area contributed by atoms with Gasteiger partial charge < -0.3 is 9.16 Å². The van der Waals surface area contributed by atoms with E-state index in [0.29, 0.717) is 13.2 Å². The van der Waals surface area contributed by atoms with E-state index in [9.17, 15) is 4.79 Å². The van der Waals surface area contributed by atoms with Gasteiger partial charge in [0, 0.05) is 6.54 Å². The Morgan fingerprint density at radius 1 is 1.17 bits per heavy atom. The molecule has 1 aromatic carbocycles. The average Bonchev–Trinajstić information content (AvgIpc) is 2.64. The number of hydrogen-bond acceptors (Lipinski definition) is 3. The number of amides is 1. The van der Waals surface area contributed by atoms with E-state index in [1.54, 1.807) is 0 Å². The third-order valence-electron chi connectivity index (χ3n) is 5.66. The maximum atomic E-state index is 13.0. The van der Waals surface area contributed by atoms with E-state index in [1.807, 2.05) is 43.0 Å². The minimum absolute atomic E-state index is 0.0756. The molecule has 0 aliphatic heterocycles. The Morgan fingerprint density at radius 2 is 1.79 bits per heavy atom. The number of rotatable bonds is 10. The van der Waals surface area contributed by atoms with Gasteiger partial charge in [-0.25, -0.2) is 4.79 Å². The molecular weight excluding hydrogens is 378 g/mol. The highest BCUT2D eigenvalue weighted by Crippen LogP contribution is 2.40. The monoisotopic (exact) mass is 419 g/mol. The van der Waals surface area contributed by atoms with Crippen LogP contribution in [0, 0.1) is 0 Å². The average molecular weight is 420 g/mol. The zero-order valence-corrected chi connectivity index (χ0v) is 20.7. The molecule has 0 saturated heterocycles. The van der Waals surface area contributed by atoms with E-state index in [0.717, 1.165) is 18.4 Å². The molecule has 0 bridgehead atoms. The van der Waals surface area contributed by atoms with Crippen LogP contribution in [-0.4, -0.2) is 38.6 Å². The zero-order valence-electron chi connectivity index (χ0n) is 19.7. The van der Waals surface area contributed by atoms with Crippen molar-refractivity contribution in [3.8, 4) is 0 Å². The standard InChI is InChI=1S/C24H41NO3Si/c1-9-12-19-25(23(26)27-11-3)22(20-17-14-13-15-18-20)21(16-10-2)28-29(7,8)24(4,5)6/h10,13-18,21-22H,9,11-12,19H2,1-8H3/b16-10+/t21-,22?/m1/s1. The molecule has 0 radical (unpaired) electrons. The molecule has 0 N–H and O–H groups in total. The summed E-state index contributed by atoms with van der Waals surface area (Å²) in [7, 11) is -2.06. The number of carbonyl (C=O) groups is 1. The van der Waals surface area contributed by atoms with Crippen molar-refractivity contribution in [1.29, 1.82) is 0 Å². The lowest BCUT2D eigenvalue weighted by molar-refractivity contribution is 0.0544. The van der Waals surface area contributed by atoms with Crippen LogP contribution in [0.3, 0.4) is 0 Å².